The zero-order chi connectivity index (χ0) is 24.5. The molecule has 7 heteroatoms. The number of ether oxygens (including phenoxy) is 1. The standard InChI is InChI=1S/C28H30N4O3/c1-4-31(5-2)13-8-14-32-17-22(20-15-18(35-3)11-12-24(20)32)26-25(27(33)30-28(26)34)21-16-29-23-10-7-6-9-19(21)23/h6-7,9-12,15-17,29H,4-5,8,13-14H2,1-3H3,(H,30,33,34). The summed E-state index contributed by atoms with van der Waals surface area (Å²) in [4.78, 5) is 31.8. The van der Waals surface area contributed by atoms with Crippen LogP contribution in [-0.2, 0) is 16.1 Å². The lowest BCUT2D eigenvalue weighted by Gasteiger charge is -2.18. The normalized spacial score (nSPS) is 14.1. The van der Waals surface area contributed by atoms with E-state index >= 15 is 0 Å². The van der Waals surface area contributed by atoms with E-state index in [1.807, 2.05) is 54.9 Å². The molecule has 0 radical (unpaired) electrons. The quantitative estimate of drug-likeness (QED) is 0.355. The SMILES string of the molecule is CCN(CC)CCCn1cc(C2=C(c3c[nH]c4ccccc34)C(=O)NC2=O)c2cc(OC)ccc21. The number of hydrogen-bond acceptors (Lipinski definition) is 4. The average Bonchev–Trinajstić information content (AvgIpc) is 3.54. The molecule has 0 spiro atoms. The highest BCUT2D eigenvalue weighted by molar-refractivity contribution is 6.50. The smallest absolute Gasteiger partial charge is 0.259 e. The van der Waals surface area contributed by atoms with Crippen molar-refractivity contribution in [3.05, 3.63) is 66.0 Å². The van der Waals surface area contributed by atoms with Gasteiger partial charge in [-0.3, -0.25) is 14.9 Å². The maximum Gasteiger partial charge on any atom is 0.259 e. The summed E-state index contributed by atoms with van der Waals surface area (Å²) in [6.45, 7) is 8.20. The molecule has 1 aliphatic heterocycles. The van der Waals surface area contributed by atoms with Gasteiger partial charge in [0.2, 0.25) is 0 Å². The van der Waals surface area contributed by atoms with Crippen molar-refractivity contribution in [3.8, 4) is 5.75 Å². The molecule has 0 aliphatic carbocycles. The molecule has 0 fully saturated rings. The molecule has 2 aromatic heterocycles. The van der Waals surface area contributed by atoms with Crippen LogP contribution in [0.15, 0.2) is 54.9 Å². The van der Waals surface area contributed by atoms with Gasteiger partial charge >= 0.3 is 0 Å². The summed E-state index contributed by atoms with van der Waals surface area (Å²) in [6, 6.07) is 13.7. The third kappa shape index (κ3) is 4.02. The number of aryl methyl sites for hydroxylation is 1. The zero-order valence-corrected chi connectivity index (χ0v) is 20.4. The molecule has 35 heavy (non-hydrogen) atoms. The minimum atomic E-state index is -0.375. The highest BCUT2D eigenvalue weighted by atomic mass is 16.5. The number of methoxy groups -OCH3 is 1. The Hall–Kier alpha value is -3.84. The average molecular weight is 471 g/mol. The van der Waals surface area contributed by atoms with Gasteiger partial charge in [0.15, 0.2) is 0 Å². The number of nitrogens with one attached hydrogen (secondary N) is 2. The molecule has 2 N–H and O–H groups in total. The number of carbonyl (C=O) groups is 2. The van der Waals surface area contributed by atoms with Crippen LogP contribution in [0, 0.1) is 0 Å². The molecule has 0 bridgehead atoms. The summed E-state index contributed by atoms with van der Waals surface area (Å²) in [5, 5.41) is 4.33. The lowest BCUT2D eigenvalue weighted by Crippen LogP contribution is -2.24. The Bertz CT molecular complexity index is 1460. The van der Waals surface area contributed by atoms with Crippen LogP contribution in [0.3, 0.4) is 0 Å². The molecule has 7 nitrogen and oxygen atoms in total. The summed E-state index contributed by atoms with van der Waals surface area (Å²) in [7, 11) is 1.63. The van der Waals surface area contributed by atoms with Gasteiger partial charge in [0.1, 0.15) is 5.75 Å². The molecule has 3 heterocycles. The molecular weight excluding hydrogens is 440 g/mol. The van der Waals surface area contributed by atoms with Crippen LogP contribution in [0.2, 0.25) is 0 Å². The Morgan fingerprint density at radius 2 is 1.69 bits per heavy atom. The van der Waals surface area contributed by atoms with Crippen LogP contribution in [0.25, 0.3) is 33.0 Å². The van der Waals surface area contributed by atoms with E-state index in [0.717, 1.165) is 65.5 Å². The number of carbonyl (C=O) groups excluding carboxylic acids is 2. The van der Waals surface area contributed by atoms with Gasteiger partial charge in [-0.1, -0.05) is 32.0 Å². The fraction of sp³-hybridized carbons (Fsp3) is 0.286. The Labute approximate surface area is 204 Å². The van der Waals surface area contributed by atoms with Gasteiger partial charge < -0.3 is 19.2 Å². The number of nitrogens with zero attached hydrogens (tertiary/aromatic N) is 2. The largest absolute Gasteiger partial charge is 0.497 e. The molecule has 2 amide bonds. The fourth-order valence-electron chi connectivity index (χ4n) is 5.04. The number of H-pyrrole nitrogens is 1. The van der Waals surface area contributed by atoms with Crippen molar-refractivity contribution >= 4 is 44.8 Å². The topological polar surface area (TPSA) is 79.4 Å². The minimum Gasteiger partial charge on any atom is -0.497 e. The first kappa shape index (κ1) is 22.9. The zero-order valence-electron chi connectivity index (χ0n) is 20.4. The van der Waals surface area contributed by atoms with Gasteiger partial charge in [-0.05, 0) is 50.3 Å². The number of imide groups is 1. The molecule has 5 rings (SSSR count). The first-order valence-electron chi connectivity index (χ1n) is 12.1. The van der Waals surface area contributed by atoms with Gasteiger partial charge in [-0.15, -0.1) is 0 Å². The van der Waals surface area contributed by atoms with Crippen LogP contribution >= 0.6 is 0 Å². The molecule has 0 saturated heterocycles. The number of aromatic nitrogens is 2. The van der Waals surface area contributed by atoms with Gasteiger partial charge in [0.05, 0.1) is 18.3 Å². The fourth-order valence-corrected chi connectivity index (χ4v) is 5.04. The van der Waals surface area contributed by atoms with E-state index in [0.29, 0.717) is 16.9 Å². The second-order valence-electron chi connectivity index (χ2n) is 8.78. The first-order valence-corrected chi connectivity index (χ1v) is 12.1. The Morgan fingerprint density at radius 1 is 0.943 bits per heavy atom. The summed E-state index contributed by atoms with van der Waals surface area (Å²) in [5.41, 5.74) is 4.20. The van der Waals surface area contributed by atoms with Crippen LogP contribution in [0.4, 0.5) is 0 Å². The third-order valence-corrected chi connectivity index (χ3v) is 6.92. The van der Waals surface area contributed by atoms with Gasteiger partial charge in [-0.25, -0.2) is 0 Å². The number of benzene rings is 2. The number of aromatic amines is 1. The van der Waals surface area contributed by atoms with E-state index in [1.165, 1.54) is 0 Å². The Kier molecular flexibility index (Phi) is 6.17. The highest BCUT2D eigenvalue weighted by Crippen LogP contribution is 2.39. The predicted molar refractivity (Wildman–Crippen MR) is 139 cm³/mol. The predicted octanol–water partition coefficient (Wildman–Crippen LogP) is 4.43. The number of amides is 2. The monoisotopic (exact) mass is 470 g/mol. The van der Waals surface area contributed by atoms with Crippen molar-refractivity contribution in [1.29, 1.82) is 0 Å². The van der Waals surface area contributed by atoms with Crippen molar-refractivity contribution in [2.75, 3.05) is 26.7 Å². The summed E-state index contributed by atoms with van der Waals surface area (Å²) < 4.78 is 7.68. The number of hydrogen-bond donors (Lipinski definition) is 2. The first-order chi connectivity index (χ1) is 17.0. The maximum atomic E-state index is 13.2. The lowest BCUT2D eigenvalue weighted by molar-refractivity contribution is -0.122. The minimum absolute atomic E-state index is 0.375. The van der Waals surface area contributed by atoms with Crippen molar-refractivity contribution in [2.24, 2.45) is 0 Å². The van der Waals surface area contributed by atoms with Crippen molar-refractivity contribution in [3.63, 3.8) is 0 Å². The molecule has 180 valence electrons. The molecule has 2 aromatic carbocycles. The second kappa shape index (κ2) is 9.43. The summed E-state index contributed by atoms with van der Waals surface area (Å²) >= 11 is 0. The Morgan fingerprint density at radius 3 is 2.43 bits per heavy atom. The number of para-hydroxylation sites is 1. The molecular formula is C28H30N4O3. The van der Waals surface area contributed by atoms with Crippen molar-refractivity contribution < 1.29 is 14.3 Å². The van der Waals surface area contributed by atoms with Crippen LogP contribution < -0.4 is 10.1 Å². The van der Waals surface area contributed by atoms with Crippen molar-refractivity contribution in [1.82, 2.24) is 19.8 Å². The second-order valence-corrected chi connectivity index (χ2v) is 8.78. The lowest BCUT2D eigenvalue weighted by atomic mass is 9.95. The van der Waals surface area contributed by atoms with E-state index in [1.54, 1.807) is 7.11 Å². The van der Waals surface area contributed by atoms with E-state index in [4.69, 9.17) is 4.74 Å². The maximum absolute atomic E-state index is 13.2. The molecule has 0 unspecified atom stereocenters. The number of rotatable bonds is 9. The van der Waals surface area contributed by atoms with Crippen LogP contribution in [0.5, 0.6) is 5.75 Å². The van der Waals surface area contributed by atoms with Gasteiger partial charge in [0, 0.05) is 51.9 Å². The van der Waals surface area contributed by atoms with E-state index in [-0.39, 0.29) is 11.8 Å². The van der Waals surface area contributed by atoms with E-state index in [9.17, 15) is 9.59 Å². The summed E-state index contributed by atoms with van der Waals surface area (Å²) in [6.07, 6.45) is 4.80. The Balaban J connectivity index is 1.66. The van der Waals surface area contributed by atoms with Gasteiger partial charge in [0.25, 0.3) is 11.8 Å². The molecule has 1 aliphatic rings. The molecule has 0 saturated carbocycles. The van der Waals surface area contributed by atoms with Crippen molar-refractivity contribution in [2.45, 2.75) is 26.8 Å². The molecule has 4 aromatic rings. The van der Waals surface area contributed by atoms with E-state index < -0.39 is 0 Å². The third-order valence-electron chi connectivity index (χ3n) is 6.92. The van der Waals surface area contributed by atoms with Gasteiger partial charge in [-0.2, -0.15) is 0 Å². The summed E-state index contributed by atoms with van der Waals surface area (Å²) in [5.74, 6) is -0.0426. The van der Waals surface area contributed by atoms with Crippen LogP contribution in [0.1, 0.15) is 31.4 Å². The molecule has 0 atom stereocenters. The number of fused-ring (bicyclic) bond motifs is 2. The van der Waals surface area contributed by atoms with Crippen LogP contribution in [-0.4, -0.2) is 53.0 Å². The highest BCUT2D eigenvalue weighted by Gasteiger charge is 2.35. The van der Waals surface area contributed by atoms with E-state index in [2.05, 4.69) is 33.6 Å².